The summed E-state index contributed by atoms with van der Waals surface area (Å²) in [7, 11) is 1.17. The van der Waals surface area contributed by atoms with Crippen LogP contribution in [-0.2, 0) is 19.1 Å². The maximum absolute atomic E-state index is 12.5. The van der Waals surface area contributed by atoms with Crippen molar-refractivity contribution in [2.75, 3.05) is 7.11 Å². The molecule has 1 aromatic rings. The molecule has 0 aromatic heterocycles. The summed E-state index contributed by atoms with van der Waals surface area (Å²) in [5.74, 6) is -1.80. The van der Waals surface area contributed by atoms with Crippen LogP contribution in [-0.4, -0.2) is 23.8 Å². The maximum atomic E-state index is 12.5. The Balaban J connectivity index is 2.28. The Morgan fingerprint density at radius 3 is 2.76 bits per heavy atom. The minimum Gasteiger partial charge on any atom is -0.465 e. The molecule has 130 valence electrons. The van der Waals surface area contributed by atoms with E-state index in [0.717, 1.165) is 0 Å². The highest BCUT2D eigenvalue weighted by Gasteiger charge is 2.43. The molecule has 1 unspecified atom stereocenters. The number of allylic oxidation sites excluding steroid dienone is 2. The smallest absolute Gasteiger partial charge is 0.340 e. The van der Waals surface area contributed by atoms with Gasteiger partial charge in [0.25, 0.3) is 5.69 Å². The molecule has 1 aliphatic carbocycles. The summed E-state index contributed by atoms with van der Waals surface area (Å²) in [6, 6.07) is 5.96. The first-order valence-corrected chi connectivity index (χ1v) is 7.71. The molecule has 0 saturated carbocycles. The van der Waals surface area contributed by atoms with Crippen molar-refractivity contribution in [3.8, 4) is 0 Å². The molecule has 1 aromatic carbocycles. The van der Waals surface area contributed by atoms with Crippen LogP contribution in [0, 0.1) is 10.1 Å². The number of esters is 1. The Kier molecular flexibility index (Phi) is 4.26. The van der Waals surface area contributed by atoms with Crippen LogP contribution >= 0.6 is 0 Å². The van der Waals surface area contributed by atoms with Crippen LogP contribution in [0.3, 0.4) is 0 Å². The Labute approximate surface area is 143 Å². The van der Waals surface area contributed by atoms with Crippen LogP contribution in [0.1, 0.15) is 30.7 Å². The van der Waals surface area contributed by atoms with Crippen molar-refractivity contribution >= 4 is 17.4 Å². The standard InChI is InChI=1S/C17H16N2O6/c1-24-17(21)15-13(9-5-2-3-6-10(9)19(22)23)14-11(20)7-4-8-12(14)25-16(15)18/h2-3,5-6,13H,4,7-8,18H2,1H3. The van der Waals surface area contributed by atoms with Gasteiger partial charge in [0.1, 0.15) is 11.3 Å². The van der Waals surface area contributed by atoms with Gasteiger partial charge in [-0.25, -0.2) is 4.79 Å². The van der Waals surface area contributed by atoms with E-state index in [1.165, 1.54) is 25.3 Å². The number of hydrogen-bond acceptors (Lipinski definition) is 7. The third-order valence-corrected chi connectivity index (χ3v) is 4.33. The molecule has 1 heterocycles. The van der Waals surface area contributed by atoms with Gasteiger partial charge < -0.3 is 15.2 Å². The number of nitrogens with two attached hydrogens (primary N) is 1. The van der Waals surface area contributed by atoms with Crippen molar-refractivity contribution in [1.29, 1.82) is 0 Å². The van der Waals surface area contributed by atoms with Crippen LogP contribution in [0.25, 0.3) is 0 Å². The topological polar surface area (TPSA) is 122 Å². The molecule has 0 fully saturated rings. The van der Waals surface area contributed by atoms with Gasteiger partial charge >= 0.3 is 5.97 Å². The second-order valence-electron chi connectivity index (χ2n) is 5.73. The molecule has 1 aliphatic heterocycles. The van der Waals surface area contributed by atoms with E-state index < -0.39 is 16.8 Å². The fourth-order valence-electron chi connectivity index (χ4n) is 3.27. The largest absolute Gasteiger partial charge is 0.465 e. The fraction of sp³-hybridized carbons (Fsp3) is 0.294. The average Bonchev–Trinajstić information content (AvgIpc) is 2.60. The van der Waals surface area contributed by atoms with Crippen molar-refractivity contribution in [3.05, 3.63) is 62.7 Å². The molecular formula is C17H16N2O6. The molecule has 0 radical (unpaired) electrons. The second kappa shape index (κ2) is 6.39. The third kappa shape index (κ3) is 2.75. The molecule has 3 rings (SSSR count). The van der Waals surface area contributed by atoms with Crippen molar-refractivity contribution in [3.63, 3.8) is 0 Å². The maximum Gasteiger partial charge on any atom is 0.340 e. The lowest BCUT2D eigenvalue weighted by Crippen LogP contribution is -2.31. The van der Waals surface area contributed by atoms with Gasteiger partial charge in [-0.3, -0.25) is 14.9 Å². The Bertz CT molecular complexity index is 839. The average molecular weight is 344 g/mol. The number of carbonyl (C=O) groups is 2. The molecule has 0 bridgehead atoms. The Morgan fingerprint density at radius 1 is 1.36 bits per heavy atom. The number of hydrogen-bond donors (Lipinski definition) is 1. The SMILES string of the molecule is COC(=O)C1=C(N)OC2=C(C(=O)CCC2)C1c1ccccc1[N+](=O)[O-]. The van der Waals surface area contributed by atoms with Gasteiger partial charge in [-0.2, -0.15) is 0 Å². The highest BCUT2D eigenvalue weighted by Crippen LogP contribution is 2.46. The Hall–Kier alpha value is -3.16. The summed E-state index contributed by atoms with van der Waals surface area (Å²) < 4.78 is 10.3. The van der Waals surface area contributed by atoms with Crippen LogP contribution in [0.2, 0.25) is 0 Å². The van der Waals surface area contributed by atoms with Crippen molar-refractivity contribution in [2.45, 2.75) is 25.2 Å². The van der Waals surface area contributed by atoms with Crippen LogP contribution in [0.4, 0.5) is 5.69 Å². The Morgan fingerprint density at radius 2 is 2.08 bits per heavy atom. The summed E-state index contributed by atoms with van der Waals surface area (Å²) in [5, 5.41) is 11.4. The highest BCUT2D eigenvalue weighted by molar-refractivity contribution is 6.03. The first kappa shape index (κ1) is 16.7. The summed E-state index contributed by atoms with van der Waals surface area (Å²) in [4.78, 5) is 35.7. The van der Waals surface area contributed by atoms with E-state index in [-0.39, 0.29) is 40.5 Å². The number of nitro benzene ring substituents is 1. The lowest BCUT2D eigenvalue weighted by molar-refractivity contribution is -0.385. The second-order valence-corrected chi connectivity index (χ2v) is 5.73. The number of rotatable bonds is 3. The summed E-state index contributed by atoms with van der Waals surface area (Å²) in [5.41, 5.74) is 6.07. The van der Waals surface area contributed by atoms with Gasteiger partial charge in [-0.05, 0) is 6.42 Å². The zero-order chi connectivity index (χ0) is 18.1. The minimum absolute atomic E-state index is 0.0919. The van der Waals surface area contributed by atoms with E-state index >= 15 is 0 Å². The van der Waals surface area contributed by atoms with Crippen molar-refractivity contribution in [1.82, 2.24) is 0 Å². The molecule has 0 amide bonds. The zero-order valence-electron chi connectivity index (χ0n) is 13.5. The first-order chi connectivity index (χ1) is 12.0. The van der Waals surface area contributed by atoms with Crippen LogP contribution < -0.4 is 5.73 Å². The highest BCUT2D eigenvalue weighted by atomic mass is 16.6. The number of ether oxygens (including phenoxy) is 2. The molecule has 8 nitrogen and oxygen atoms in total. The first-order valence-electron chi connectivity index (χ1n) is 7.71. The molecule has 1 atom stereocenters. The molecule has 0 spiro atoms. The normalized spacial score (nSPS) is 20.0. The molecule has 2 N–H and O–H groups in total. The molecular weight excluding hydrogens is 328 g/mol. The molecule has 8 heteroatoms. The number of Topliss-reactive ketones (excluding diaryl/α,β-unsaturated/α-hetero) is 1. The zero-order valence-corrected chi connectivity index (χ0v) is 13.5. The predicted octanol–water partition coefficient (Wildman–Crippen LogP) is 2.06. The minimum atomic E-state index is -0.981. The fourth-order valence-corrected chi connectivity index (χ4v) is 3.27. The van der Waals surface area contributed by atoms with Crippen molar-refractivity contribution in [2.24, 2.45) is 5.73 Å². The van der Waals surface area contributed by atoms with Gasteiger partial charge in [0.15, 0.2) is 5.78 Å². The van der Waals surface area contributed by atoms with E-state index in [0.29, 0.717) is 18.6 Å². The third-order valence-electron chi connectivity index (χ3n) is 4.33. The van der Waals surface area contributed by atoms with Gasteiger partial charge in [0.2, 0.25) is 5.88 Å². The number of carbonyl (C=O) groups excluding carboxylic acids is 2. The van der Waals surface area contributed by atoms with E-state index in [1.807, 2.05) is 0 Å². The van der Waals surface area contributed by atoms with Crippen LogP contribution in [0.15, 0.2) is 47.1 Å². The number of benzene rings is 1. The van der Waals surface area contributed by atoms with Gasteiger partial charge in [-0.1, -0.05) is 18.2 Å². The van der Waals surface area contributed by atoms with E-state index in [1.54, 1.807) is 6.07 Å². The predicted molar refractivity (Wildman–Crippen MR) is 86.0 cm³/mol. The number of nitrogens with zero attached hydrogens (tertiary/aromatic N) is 1. The number of ketones is 1. The van der Waals surface area contributed by atoms with Crippen molar-refractivity contribution < 1.29 is 24.0 Å². The quantitative estimate of drug-likeness (QED) is 0.506. The lowest BCUT2D eigenvalue weighted by atomic mass is 9.76. The monoisotopic (exact) mass is 344 g/mol. The summed E-state index contributed by atoms with van der Waals surface area (Å²) in [6.45, 7) is 0. The summed E-state index contributed by atoms with van der Waals surface area (Å²) in [6.07, 6.45) is 1.36. The number of methoxy groups -OCH3 is 1. The number of nitro groups is 1. The van der Waals surface area contributed by atoms with Gasteiger partial charge in [0, 0.05) is 30.0 Å². The van der Waals surface area contributed by atoms with Gasteiger partial charge in [-0.15, -0.1) is 0 Å². The molecule has 25 heavy (non-hydrogen) atoms. The van der Waals surface area contributed by atoms with E-state index in [9.17, 15) is 19.7 Å². The van der Waals surface area contributed by atoms with Gasteiger partial charge in [0.05, 0.1) is 18.0 Å². The number of para-hydroxylation sites is 1. The molecule has 2 aliphatic rings. The molecule has 0 saturated heterocycles. The van der Waals surface area contributed by atoms with Crippen LogP contribution in [0.5, 0.6) is 0 Å². The van der Waals surface area contributed by atoms with E-state index in [2.05, 4.69) is 0 Å². The van der Waals surface area contributed by atoms with E-state index in [4.69, 9.17) is 15.2 Å². The lowest BCUT2D eigenvalue weighted by Gasteiger charge is -2.32. The summed E-state index contributed by atoms with van der Waals surface area (Å²) >= 11 is 0.